The Morgan fingerprint density at radius 2 is 2.11 bits per heavy atom. The van der Waals surface area contributed by atoms with E-state index in [4.69, 9.17) is 4.74 Å². The predicted molar refractivity (Wildman–Crippen MR) is 78.6 cm³/mol. The van der Waals surface area contributed by atoms with E-state index in [1.807, 2.05) is 11.9 Å². The first-order chi connectivity index (χ1) is 8.66. The van der Waals surface area contributed by atoms with E-state index in [1.165, 1.54) is 12.8 Å². The fraction of sp³-hybridized carbons (Fsp3) is 0.929. The van der Waals surface area contributed by atoms with Crippen LogP contribution in [0.25, 0.3) is 0 Å². The minimum atomic E-state index is 0. The number of nitrogens with zero attached hydrogens (tertiary/aromatic N) is 1. The fourth-order valence-corrected chi connectivity index (χ4v) is 2.51. The maximum Gasteiger partial charge on any atom is 0.225 e. The number of piperidine rings is 1. The molecule has 112 valence electrons. The van der Waals surface area contributed by atoms with Crippen molar-refractivity contribution in [2.75, 3.05) is 33.4 Å². The second-order valence-electron chi connectivity index (χ2n) is 5.85. The van der Waals surface area contributed by atoms with E-state index in [9.17, 15) is 4.79 Å². The number of hydrogen-bond acceptors (Lipinski definition) is 3. The van der Waals surface area contributed by atoms with Crippen LogP contribution in [-0.2, 0) is 9.53 Å². The Morgan fingerprint density at radius 1 is 1.37 bits per heavy atom. The van der Waals surface area contributed by atoms with Crippen LogP contribution in [0.2, 0.25) is 0 Å². The number of nitrogens with one attached hydrogen (secondary N) is 1. The summed E-state index contributed by atoms with van der Waals surface area (Å²) >= 11 is 0. The lowest BCUT2D eigenvalue weighted by Gasteiger charge is -2.30. The minimum Gasteiger partial charge on any atom is -0.379 e. The van der Waals surface area contributed by atoms with Crippen LogP contribution in [0.1, 0.15) is 32.6 Å². The molecule has 1 N–H and O–H groups in total. The Labute approximate surface area is 122 Å². The van der Waals surface area contributed by atoms with Gasteiger partial charge in [-0.25, -0.2) is 0 Å². The molecule has 2 atom stereocenters. The Bertz CT molecular complexity index is 285. The second kappa shape index (κ2) is 8.08. The zero-order valence-electron chi connectivity index (χ0n) is 12.1. The number of carbonyl (C=O) groups excluding carboxylic acids is 1. The number of carbonyl (C=O) groups is 1. The van der Waals surface area contributed by atoms with E-state index in [-0.39, 0.29) is 18.3 Å². The number of ether oxygens (including phenoxy) is 1. The summed E-state index contributed by atoms with van der Waals surface area (Å²) < 4.78 is 5.58. The van der Waals surface area contributed by atoms with Crippen molar-refractivity contribution in [3.63, 3.8) is 0 Å². The van der Waals surface area contributed by atoms with Crippen LogP contribution in [0.3, 0.4) is 0 Å². The van der Waals surface area contributed by atoms with E-state index in [0.29, 0.717) is 18.6 Å². The number of rotatable bonds is 6. The molecule has 1 saturated heterocycles. The molecule has 0 aromatic heterocycles. The average molecular weight is 291 g/mol. The summed E-state index contributed by atoms with van der Waals surface area (Å²) in [6.45, 7) is 5.40. The highest BCUT2D eigenvalue weighted by Crippen LogP contribution is 2.28. The zero-order chi connectivity index (χ0) is 13.0. The molecule has 2 aliphatic rings. The Morgan fingerprint density at radius 3 is 2.74 bits per heavy atom. The van der Waals surface area contributed by atoms with Crippen molar-refractivity contribution in [1.29, 1.82) is 0 Å². The third-order valence-corrected chi connectivity index (χ3v) is 3.97. The molecule has 0 aromatic carbocycles. The van der Waals surface area contributed by atoms with Crippen molar-refractivity contribution in [2.45, 2.75) is 38.6 Å². The molecule has 2 fully saturated rings. The van der Waals surface area contributed by atoms with Crippen molar-refractivity contribution in [3.05, 3.63) is 0 Å². The zero-order valence-corrected chi connectivity index (χ0v) is 12.9. The van der Waals surface area contributed by atoms with Crippen LogP contribution in [0.15, 0.2) is 0 Å². The van der Waals surface area contributed by atoms with Crippen LogP contribution >= 0.6 is 12.4 Å². The summed E-state index contributed by atoms with van der Waals surface area (Å²) in [5, 5.41) is 3.38. The fourth-order valence-electron chi connectivity index (χ4n) is 2.51. The van der Waals surface area contributed by atoms with Gasteiger partial charge in [0.25, 0.3) is 0 Å². The second-order valence-corrected chi connectivity index (χ2v) is 5.85. The Balaban J connectivity index is 0.00000180. The average Bonchev–Trinajstić information content (AvgIpc) is 3.17. The van der Waals surface area contributed by atoms with E-state index in [0.717, 1.165) is 38.5 Å². The van der Waals surface area contributed by atoms with Gasteiger partial charge < -0.3 is 15.0 Å². The van der Waals surface area contributed by atoms with E-state index < -0.39 is 0 Å². The molecule has 2 rings (SSSR count). The van der Waals surface area contributed by atoms with Gasteiger partial charge in [0.15, 0.2) is 0 Å². The first-order valence-electron chi connectivity index (χ1n) is 7.23. The van der Waals surface area contributed by atoms with Crippen molar-refractivity contribution >= 4 is 18.3 Å². The van der Waals surface area contributed by atoms with Crippen LogP contribution in [-0.4, -0.2) is 50.2 Å². The van der Waals surface area contributed by atoms with Gasteiger partial charge in [0.2, 0.25) is 5.91 Å². The molecule has 0 bridgehead atoms. The van der Waals surface area contributed by atoms with Gasteiger partial charge in [-0.15, -0.1) is 12.4 Å². The van der Waals surface area contributed by atoms with Crippen molar-refractivity contribution in [2.24, 2.45) is 11.8 Å². The highest BCUT2D eigenvalue weighted by Gasteiger charge is 2.27. The standard InChI is InChI=1S/C14H26N2O2.ClH/c1-11-9-13(5-6-15-11)14(17)16(2)7-8-18-10-12-3-4-12;/h11-13,15H,3-10H2,1-2H3;1H/t11-,13-;/m0./s1. The lowest BCUT2D eigenvalue weighted by Crippen LogP contribution is -2.43. The Hall–Kier alpha value is -0.320. The monoisotopic (exact) mass is 290 g/mol. The van der Waals surface area contributed by atoms with Gasteiger partial charge in [-0.05, 0) is 45.1 Å². The molecule has 0 unspecified atom stereocenters. The van der Waals surface area contributed by atoms with Gasteiger partial charge in [-0.2, -0.15) is 0 Å². The summed E-state index contributed by atoms with van der Waals surface area (Å²) in [6.07, 6.45) is 4.58. The summed E-state index contributed by atoms with van der Waals surface area (Å²) in [7, 11) is 1.90. The van der Waals surface area contributed by atoms with Gasteiger partial charge in [0.05, 0.1) is 6.61 Å². The van der Waals surface area contributed by atoms with Crippen LogP contribution in [0.4, 0.5) is 0 Å². The largest absolute Gasteiger partial charge is 0.379 e. The van der Waals surface area contributed by atoms with Crippen molar-refractivity contribution in [3.8, 4) is 0 Å². The number of likely N-dealkylation sites (N-methyl/N-ethyl adjacent to an activating group) is 1. The molecule has 1 saturated carbocycles. The molecule has 0 radical (unpaired) electrons. The van der Waals surface area contributed by atoms with Crippen LogP contribution < -0.4 is 5.32 Å². The van der Waals surface area contributed by atoms with Crippen LogP contribution in [0, 0.1) is 11.8 Å². The number of hydrogen-bond donors (Lipinski definition) is 1. The predicted octanol–water partition coefficient (Wildman–Crippen LogP) is 1.68. The topological polar surface area (TPSA) is 41.6 Å². The number of halogens is 1. The third kappa shape index (κ3) is 5.67. The molecule has 19 heavy (non-hydrogen) atoms. The molecule has 1 heterocycles. The van der Waals surface area contributed by atoms with Gasteiger partial charge in [0, 0.05) is 32.2 Å². The third-order valence-electron chi connectivity index (χ3n) is 3.97. The smallest absolute Gasteiger partial charge is 0.225 e. The summed E-state index contributed by atoms with van der Waals surface area (Å²) in [4.78, 5) is 14.1. The van der Waals surface area contributed by atoms with Crippen molar-refractivity contribution in [1.82, 2.24) is 10.2 Å². The quantitative estimate of drug-likeness (QED) is 0.757. The van der Waals surface area contributed by atoms with Gasteiger partial charge in [-0.1, -0.05) is 0 Å². The molecule has 0 aromatic rings. The van der Waals surface area contributed by atoms with Crippen molar-refractivity contribution < 1.29 is 9.53 Å². The number of amides is 1. The normalized spacial score (nSPS) is 26.6. The molecule has 1 aliphatic heterocycles. The molecule has 1 amide bonds. The lowest BCUT2D eigenvalue weighted by molar-refractivity contribution is -0.136. The molecular formula is C14H27ClN2O2. The summed E-state index contributed by atoms with van der Waals surface area (Å²) in [6, 6.07) is 0.465. The van der Waals surface area contributed by atoms with E-state index in [2.05, 4.69) is 12.2 Å². The molecular weight excluding hydrogens is 264 g/mol. The van der Waals surface area contributed by atoms with Crippen LogP contribution in [0.5, 0.6) is 0 Å². The SMILES string of the molecule is C[C@H]1C[C@@H](C(=O)N(C)CCOCC2CC2)CCN1.Cl. The molecule has 1 aliphatic carbocycles. The highest BCUT2D eigenvalue weighted by atomic mass is 35.5. The first-order valence-corrected chi connectivity index (χ1v) is 7.23. The molecule has 4 nitrogen and oxygen atoms in total. The summed E-state index contributed by atoms with van der Waals surface area (Å²) in [5.74, 6) is 1.30. The van der Waals surface area contributed by atoms with E-state index >= 15 is 0 Å². The lowest BCUT2D eigenvalue weighted by atomic mass is 9.92. The molecule has 0 spiro atoms. The highest BCUT2D eigenvalue weighted by molar-refractivity contribution is 5.85. The Kier molecular flexibility index (Phi) is 7.11. The van der Waals surface area contributed by atoms with Gasteiger partial charge >= 0.3 is 0 Å². The first kappa shape index (κ1) is 16.7. The maximum atomic E-state index is 12.2. The van der Waals surface area contributed by atoms with E-state index in [1.54, 1.807) is 0 Å². The van der Waals surface area contributed by atoms with Gasteiger partial charge in [0.1, 0.15) is 0 Å². The maximum absolute atomic E-state index is 12.2. The minimum absolute atomic E-state index is 0. The molecule has 5 heteroatoms. The van der Waals surface area contributed by atoms with Gasteiger partial charge in [-0.3, -0.25) is 4.79 Å². The summed E-state index contributed by atoms with van der Waals surface area (Å²) in [5.41, 5.74) is 0.